The lowest BCUT2D eigenvalue weighted by molar-refractivity contribution is 0.768. The summed E-state index contributed by atoms with van der Waals surface area (Å²) < 4.78 is 2.63. The van der Waals surface area contributed by atoms with Gasteiger partial charge in [-0.25, -0.2) is 9.97 Å². The Hall–Kier alpha value is -7.72. The molecule has 3 heteroatoms. The number of hydrogen-bond acceptors (Lipinski definition) is 3. The predicted molar refractivity (Wildman–Crippen MR) is 259 cm³/mol. The maximum absolute atomic E-state index is 5.22. The molecule has 0 unspecified atom stereocenters. The van der Waals surface area contributed by atoms with Crippen LogP contribution in [-0.4, -0.2) is 9.97 Å². The van der Waals surface area contributed by atoms with Gasteiger partial charge in [-0.2, -0.15) is 0 Å². The number of hydrogen-bond donors (Lipinski definition) is 0. The van der Waals surface area contributed by atoms with E-state index in [9.17, 15) is 0 Å². The fraction of sp³-hybridized carbons (Fsp3) is 0.0169. The van der Waals surface area contributed by atoms with E-state index >= 15 is 0 Å². The third kappa shape index (κ3) is 5.85. The van der Waals surface area contributed by atoms with Gasteiger partial charge < -0.3 is 0 Å². The maximum atomic E-state index is 5.22. The minimum absolute atomic E-state index is 0.426. The molecule has 1 aliphatic rings. The summed E-state index contributed by atoms with van der Waals surface area (Å²) in [7, 11) is 0. The average Bonchev–Trinajstić information content (AvgIpc) is 3.89. The highest BCUT2D eigenvalue weighted by atomic mass is 32.1. The summed E-state index contributed by atoms with van der Waals surface area (Å²) in [6, 6.07) is 83.4. The van der Waals surface area contributed by atoms with Crippen LogP contribution in [0.1, 0.15) is 22.3 Å². The van der Waals surface area contributed by atoms with Crippen LogP contribution in [0, 0.1) is 0 Å². The minimum atomic E-state index is -0.426. The Balaban J connectivity index is 0.954. The van der Waals surface area contributed by atoms with Crippen molar-refractivity contribution in [1.82, 2.24) is 9.97 Å². The van der Waals surface area contributed by atoms with Crippen molar-refractivity contribution in [2.24, 2.45) is 0 Å². The lowest BCUT2D eigenvalue weighted by atomic mass is 9.67. The van der Waals surface area contributed by atoms with Crippen LogP contribution >= 0.6 is 11.3 Å². The van der Waals surface area contributed by atoms with Gasteiger partial charge in [0.05, 0.1) is 16.8 Å². The number of benzene rings is 9. The van der Waals surface area contributed by atoms with Crippen LogP contribution in [0.15, 0.2) is 231 Å². The van der Waals surface area contributed by atoms with Gasteiger partial charge >= 0.3 is 0 Å². The van der Waals surface area contributed by atoms with E-state index in [1.54, 1.807) is 0 Å². The molecule has 12 rings (SSSR count). The zero-order valence-corrected chi connectivity index (χ0v) is 34.6. The van der Waals surface area contributed by atoms with Crippen molar-refractivity contribution in [2.75, 3.05) is 0 Å². The quantitative estimate of drug-likeness (QED) is 0.160. The Morgan fingerprint density at radius 1 is 0.323 bits per heavy atom. The third-order valence-electron chi connectivity index (χ3n) is 12.6. The largest absolute Gasteiger partial charge is 0.228 e. The zero-order valence-electron chi connectivity index (χ0n) is 33.7. The molecule has 2 nitrogen and oxygen atoms in total. The highest BCUT2D eigenvalue weighted by Gasteiger charge is 2.45. The summed E-state index contributed by atoms with van der Waals surface area (Å²) in [5.41, 5.74) is 16.8. The van der Waals surface area contributed by atoms with E-state index in [1.165, 1.54) is 70.2 Å². The monoisotopic (exact) mass is 806 g/mol. The molecular formula is C59H38N2S. The second-order valence-corrected chi connectivity index (χ2v) is 17.1. The molecule has 290 valence electrons. The van der Waals surface area contributed by atoms with E-state index in [4.69, 9.17) is 9.97 Å². The van der Waals surface area contributed by atoms with Crippen LogP contribution in [0.5, 0.6) is 0 Å². The number of rotatable bonds is 7. The molecule has 0 aliphatic heterocycles. The van der Waals surface area contributed by atoms with E-state index in [0.717, 1.165) is 33.6 Å². The first-order chi connectivity index (χ1) is 30.7. The van der Waals surface area contributed by atoms with Crippen LogP contribution < -0.4 is 0 Å². The Kier molecular flexibility index (Phi) is 8.62. The summed E-state index contributed by atoms with van der Waals surface area (Å²) in [5.74, 6) is 0.704. The summed E-state index contributed by atoms with van der Waals surface area (Å²) >= 11 is 1.86. The van der Waals surface area contributed by atoms with Gasteiger partial charge in [0.15, 0.2) is 5.82 Å². The van der Waals surface area contributed by atoms with Crippen molar-refractivity contribution >= 4 is 31.5 Å². The van der Waals surface area contributed by atoms with Crippen LogP contribution in [-0.2, 0) is 5.41 Å². The van der Waals surface area contributed by atoms with Gasteiger partial charge in [-0.05, 0) is 79.9 Å². The van der Waals surface area contributed by atoms with Gasteiger partial charge in [0.2, 0.25) is 0 Å². The molecule has 0 N–H and O–H groups in total. The molecule has 0 saturated carbocycles. The predicted octanol–water partition coefficient (Wildman–Crippen LogP) is 15.5. The van der Waals surface area contributed by atoms with E-state index in [1.807, 2.05) is 29.5 Å². The van der Waals surface area contributed by atoms with Crippen molar-refractivity contribution in [3.05, 3.63) is 253 Å². The van der Waals surface area contributed by atoms with Crippen LogP contribution in [0.25, 0.3) is 87.5 Å². The number of aromatic nitrogens is 2. The molecule has 0 amide bonds. The van der Waals surface area contributed by atoms with E-state index in [0.29, 0.717) is 5.82 Å². The van der Waals surface area contributed by atoms with Gasteiger partial charge in [-0.3, -0.25) is 0 Å². The van der Waals surface area contributed by atoms with Crippen molar-refractivity contribution in [1.29, 1.82) is 0 Å². The highest BCUT2D eigenvalue weighted by Crippen LogP contribution is 2.56. The summed E-state index contributed by atoms with van der Waals surface area (Å²) in [5, 5.41) is 2.62. The molecule has 0 radical (unpaired) electrons. The second kappa shape index (κ2) is 14.8. The number of nitrogens with zero attached hydrogens (tertiary/aromatic N) is 2. The van der Waals surface area contributed by atoms with Crippen LogP contribution in [0.4, 0.5) is 0 Å². The first kappa shape index (κ1) is 36.2. The molecule has 9 aromatic carbocycles. The molecule has 1 aliphatic carbocycles. The number of thiophene rings is 1. The molecule has 0 saturated heterocycles. The minimum Gasteiger partial charge on any atom is -0.228 e. The summed E-state index contributed by atoms with van der Waals surface area (Å²) in [6.45, 7) is 0. The molecule has 0 atom stereocenters. The average molecular weight is 807 g/mol. The summed E-state index contributed by atoms with van der Waals surface area (Å²) in [4.78, 5) is 10.4. The molecule has 0 fully saturated rings. The molecule has 0 bridgehead atoms. The fourth-order valence-electron chi connectivity index (χ4n) is 9.74. The van der Waals surface area contributed by atoms with Crippen molar-refractivity contribution in [3.63, 3.8) is 0 Å². The fourth-order valence-corrected chi connectivity index (χ4v) is 11.0. The lowest BCUT2D eigenvalue weighted by Gasteiger charge is -2.33. The Morgan fingerprint density at radius 3 is 1.63 bits per heavy atom. The summed E-state index contributed by atoms with van der Waals surface area (Å²) in [6.07, 6.45) is 0. The van der Waals surface area contributed by atoms with Crippen LogP contribution in [0.3, 0.4) is 0 Å². The molecule has 2 aromatic heterocycles. The maximum Gasteiger partial charge on any atom is 0.160 e. The van der Waals surface area contributed by atoms with Crippen molar-refractivity contribution in [3.8, 4) is 67.3 Å². The van der Waals surface area contributed by atoms with Gasteiger partial charge in [-0.15, -0.1) is 11.3 Å². The SMILES string of the molecule is c1ccc(-c2nc(-c3ccc(-c4cccc5c4sc4ccccc45)cc3)cc(-c3cccc(-c4ccc5c(c4)-c4ccccc4C5(c4ccccc4)c4ccccc4)c3)n2)cc1. The topological polar surface area (TPSA) is 25.8 Å². The standard InChI is InChI=1S/C59H38N2S/c1-4-16-41(17-5-1)58-60-54(40-32-30-39(31-33-40)47-26-15-27-50-49-25-11-13-29-56(49)62-57(47)50)38-55(61-58)44-19-14-18-42(36-44)43-34-35-53-51(37-43)48-24-10-12-28-52(48)59(53,45-20-6-2-7-21-45)46-22-8-3-9-23-46/h1-38H. The van der Waals surface area contributed by atoms with Crippen molar-refractivity contribution in [2.45, 2.75) is 5.41 Å². The first-order valence-corrected chi connectivity index (χ1v) is 22.0. The molecule has 11 aromatic rings. The van der Waals surface area contributed by atoms with Crippen LogP contribution in [0.2, 0.25) is 0 Å². The first-order valence-electron chi connectivity index (χ1n) is 21.1. The molecule has 2 heterocycles. The van der Waals surface area contributed by atoms with E-state index in [-0.39, 0.29) is 0 Å². The second-order valence-electron chi connectivity index (χ2n) is 16.1. The Bertz CT molecular complexity index is 3400. The normalized spacial score (nSPS) is 12.6. The Morgan fingerprint density at radius 2 is 0.855 bits per heavy atom. The molecule has 62 heavy (non-hydrogen) atoms. The molecule has 0 spiro atoms. The van der Waals surface area contributed by atoms with Gasteiger partial charge in [0.1, 0.15) is 0 Å². The van der Waals surface area contributed by atoms with E-state index in [2.05, 4.69) is 212 Å². The van der Waals surface area contributed by atoms with Gasteiger partial charge in [0, 0.05) is 36.9 Å². The Labute approximate surface area is 365 Å². The van der Waals surface area contributed by atoms with Crippen molar-refractivity contribution < 1.29 is 0 Å². The number of fused-ring (bicyclic) bond motifs is 6. The lowest BCUT2D eigenvalue weighted by Crippen LogP contribution is -2.28. The van der Waals surface area contributed by atoms with Gasteiger partial charge in [0.25, 0.3) is 0 Å². The highest BCUT2D eigenvalue weighted by molar-refractivity contribution is 7.26. The van der Waals surface area contributed by atoms with Gasteiger partial charge in [-0.1, -0.05) is 206 Å². The smallest absolute Gasteiger partial charge is 0.160 e. The zero-order chi connectivity index (χ0) is 41.0. The molecular weight excluding hydrogens is 769 g/mol. The van der Waals surface area contributed by atoms with E-state index < -0.39 is 5.41 Å². The third-order valence-corrected chi connectivity index (χ3v) is 13.8.